The number of nitrogens with zero attached hydrogens (tertiary/aromatic N) is 1. The molecular formula is C17H15N. The van der Waals surface area contributed by atoms with Crippen molar-refractivity contribution in [2.75, 3.05) is 0 Å². The molecule has 0 N–H and O–H groups in total. The Kier molecular flexibility index (Phi) is 2.81. The Hall–Kier alpha value is -2.15. The molecule has 0 atom stereocenters. The first-order chi connectivity index (χ1) is 8.88. The average molecular weight is 233 g/mol. The molecule has 3 rings (SSSR count). The number of hydrogen-bond acceptors (Lipinski definition) is 1. The third kappa shape index (κ3) is 1.88. The van der Waals surface area contributed by atoms with Crippen molar-refractivity contribution in [1.29, 1.82) is 0 Å². The molecule has 0 aliphatic rings. The van der Waals surface area contributed by atoms with E-state index in [9.17, 15) is 0 Å². The van der Waals surface area contributed by atoms with Crippen molar-refractivity contribution >= 4 is 10.9 Å². The Morgan fingerprint density at radius 2 is 1.78 bits per heavy atom. The molecule has 88 valence electrons. The molecule has 0 saturated heterocycles. The number of rotatable bonds is 2. The van der Waals surface area contributed by atoms with Crippen LogP contribution in [0.1, 0.15) is 12.5 Å². The van der Waals surface area contributed by atoms with Crippen LogP contribution in [0.2, 0.25) is 0 Å². The molecule has 3 aromatic rings. The van der Waals surface area contributed by atoms with Gasteiger partial charge in [0.15, 0.2) is 0 Å². The number of aromatic nitrogens is 1. The third-order valence-corrected chi connectivity index (χ3v) is 3.30. The molecule has 0 unspecified atom stereocenters. The summed E-state index contributed by atoms with van der Waals surface area (Å²) in [6, 6.07) is 19.1. The monoisotopic (exact) mass is 233 g/mol. The highest BCUT2D eigenvalue weighted by atomic mass is 14.6. The second kappa shape index (κ2) is 4.61. The predicted molar refractivity (Wildman–Crippen MR) is 76.6 cm³/mol. The van der Waals surface area contributed by atoms with Crippen LogP contribution in [0.4, 0.5) is 0 Å². The van der Waals surface area contributed by atoms with Gasteiger partial charge in [-0.1, -0.05) is 43.3 Å². The van der Waals surface area contributed by atoms with E-state index in [-0.39, 0.29) is 0 Å². The van der Waals surface area contributed by atoms with Crippen LogP contribution in [-0.2, 0) is 6.42 Å². The summed E-state index contributed by atoms with van der Waals surface area (Å²) in [4.78, 5) is 4.44. The van der Waals surface area contributed by atoms with Gasteiger partial charge in [0.05, 0.1) is 5.52 Å². The maximum atomic E-state index is 4.44. The van der Waals surface area contributed by atoms with Crippen LogP contribution >= 0.6 is 0 Å². The maximum absolute atomic E-state index is 4.44. The van der Waals surface area contributed by atoms with E-state index in [1.807, 2.05) is 12.3 Å². The Morgan fingerprint density at radius 1 is 0.944 bits per heavy atom. The first kappa shape index (κ1) is 11.0. The third-order valence-electron chi connectivity index (χ3n) is 3.30. The SMILES string of the molecule is CCc1ccc2nccc(-c3ccccc3)c2c1. The normalized spacial score (nSPS) is 10.7. The van der Waals surface area contributed by atoms with Crippen molar-refractivity contribution < 1.29 is 0 Å². The van der Waals surface area contributed by atoms with Gasteiger partial charge < -0.3 is 0 Å². The van der Waals surface area contributed by atoms with Crippen molar-refractivity contribution in [3.63, 3.8) is 0 Å². The molecule has 1 nitrogen and oxygen atoms in total. The summed E-state index contributed by atoms with van der Waals surface area (Å²) in [7, 11) is 0. The van der Waals surface area contributed by atoms with Gasteiger partial charge in [-0.25, -0.2) is 0 Å². The maximum Gasteiger partial charge on any atom is 0.0708 e. The van der Waals surface area contributed by atoms with Crippen LogP contribution < -0.4 is 0 Å². The minimum Gasteiger partial charge on any atom is -0.256 e. The van der Waals surface area contributed by atoms with Gasteiger partial charge in [-0.3, -0.25) is 4.98 Å². The molecule has 0 aliphatic heterocycles. The lowest BCUT2D eigenvalue weighted by Gasteiger charge is -2.07. The van der Waals surface area contributed by atoms with Crippen LogP contribution in [0.25, 0.3) is 22.0 Å². The van der Waals surface area contributed by atoms with Gasteiger partial charge in [-0.15, -0.1) is 0 Å². The number of fused-ring (bicyclic) bond motifs is 1. The van der Waals surface area contributed by atoms with E-state index in [4.69, 9.17) is 0 Å². The summed E-state index contributed by atoms with van der Waals surface area (Å²) >= 11 is 0. The standard InChI is InChI=1S/C17H15N/c1-2-13-8-9-17-16(12-13)15(10-11-18-17)14-6-4-3-5-7-14/h3-12H,2H2,1H3. The topological polar surface area (TPSA) is 12.9 Å². The van der Waals surface area contributed by atoms with Gasteiger partial charge in [-0.05, 0) is 41.3 Å². The Balaban J connectivity index is 2.29. The molecular weight excluding hydrogens is 218 g/mol. The van der Waals surface area contributed by atoms with Crippen molar-refractivity contribution in [3.05, 3.63) is 66.4 Å². The van der Waals surface area contributed by atoms with Crippen molar-refractivity contribution in [2.24, 2.45) is 0 Å². The molecule has 1 aromatic heterocycles. The van der Waals surface area contributed by atoms with Gasteiger partial charge in [-0.2, -0.15) is 0 Å². The molecule has 0 amide bonds. The van der Waals surface area contributed by atoms with Crippen molar-refractivity contribution in [1.82, 2.24) is 4.98 Å². The fraction of sp³-hybridized carbons (Fsp3) is 0.118. The lowest BCUT2D eigenvalue weighted by Crippen LogP contribution is -1.87. The van der Waals surface area contributed by atoms with Gasteiger partial charge >= 0.3 is 0 Å². The van der Waals surface area contributed by atoms with Crippen molar-refractivity contribution in [3.8, 4) is 11.1 Å². The second-order valence-corrected chi connectivity index (χ2v) is 4.43. The summed E-state index contributed by atoms with van der Waals surface area (Å²) in [5.41, 5.74) is 4.93. The first-order valence-corrected chi connectivity index (χ1v) is 6.31. The molecule has 18 heavy (non-hydrogen) atoms. The molecule has 1 heteroatoms. The fourth-order valence-electron chi connectivity index (χ4n) is 2.28. The minimum absolute atomic E-state index is 1.05. The number of pyridine rings is 1. The number of hydrogen-bond donors (Lipinski definition) is 0. The van der Waals surface area contributed by atoms with Gasteiger partial charge in [0, 0.05) is 11.6 Å². The highest BCUT2D eigenvalue weighted by Gasteiger charge is 2.04. The van der Waals surface area contributed by atoms with E-state index in [1.165, 1.54) is 22.1 Å². The van der Waals surface area contributed by atoms with Gasteiger partial charge in [0.25, 0.3) is 0 Å². The first-order valence-electron chi connectivity index (χ1n) is 6.31. The lowest BCUT2D eigenvalue weighted by molar-refractivity contribution is 1.14. The summed E-state index contributed by atoms with van der Waals surface area (Å²) < 4.78 is 0. The van der Waals surface area contributed by atoms with E-state index in [1.54, 1.807) is 0 Å². The molecule has 1 heterocycles. The van der Waals surface area contributed by atoms with Crippen LogP contribution in [0.5, 0.6) is 0 Å². The quantitative estimate of drug-likeness (QED) is 0.636. The van der Waals surface area contributed by atoms with Crippen molar-refractivity contribution in [2.45, 2.75) is 13.3 Å². The summed E-state index contributed by atoms with van der Waals surface area (Å²) in [5.74, 6) is 0. The Morgan fingerprint density at radius 3 is 2.56 bits per heavy atom. The average Bonchev–Trinajstić information content (AvgIpc) is 2.47. The zero-order valence-corrected chi connectivity index (χ0v) is 10.4. The van der Waals surface area contributed by atoms with Crippen LogP contribution in [-0.4, -0.2) is 4.98 Å². The fourth-order valence-corrected chi connectivity index (χ4v) is 2.28. The number of benzene rings is 2. The molecule has 0 radical (unpaired) electrons. The van der Waals surface area contributed by atoms with Crippen LogP contribution in [0, 0.1) is 0 Å². The molecule has 0 spiro atoms. The van der Waals surface area contributed by atoms with E-state index >= 15 is 0 Å². The van der Waals surface area contributed by atoms with Gasteiger partial charge in [0.1, 0.15) is 0 Å². The Labute approximate surface area is 107 Å². The summed E-state index contributed by atoms with van der Waals surface area (Å²) in [6.45, 7) is 2.18. The number of aryl methyl sites for hydroxylation is 1. The van der Waals surface area contributed by atoms with E-state index in [0.29, 0.717) is 0 Å². The van der Waals surface area contributed by atoms with Crippen LogP contribution in [0.3, 0.4) is 0 Å². The highest BCUT2D eigenvalue weighted by molar-refractivity contribution is 5.94. The molecule has 0 fully saturated rings. The lowest BCUT2D eigenvalue weighted by atomic mass is 9.99. The minimum atomic E-state index is 1.05. The summed E-state index contributed by atoms with van der Waals surface area (Å²) in [6.07, 6.45) is 2.94. The molecule has 0 saturated carbocycles. The predicted octanol–water partition coefficient (Wildman–Crippen LogP) is 4.46. The smallest absolute Gasteiger partial charge is 0.0708 e. The van der Waals surface area contributed by atoms with Crippen LogP contribution in [0.15, 0.2) is 60.8 Å². The largest absolute Gasteiger partial charge is 0.256 e. The molecule has 2 aromatic carbocycles. The van der Waals surface area contributed by atoms with Gasteiger partial charge in [0.2, 0.25) is 0 Å². The second-order valence-electron chi connectivity index (χ2n) is 4.43. The van der Waals surface area contributed by atoms with E-state index in [0.717, 1.165) is 11.9 Å². The summed E-state index contributed by atoms with van der Waals surface area (Å²) in [5, 5.41) is 1.24. The zero-order valence-electron chi connectivity index (χ0n) is 10.4. The zero-order chi connectivity index (χ0) is 12.4. The highest BCUT2D eigenvalue weighted by Crippen LogP contribution is 2.27. The van der Waals surface area contributed by atoms with E-state index in [2.05, 4.69) is 60.4 Å². The van der Waals surface area contributed by atoms with E-state index < -0.39 is 0 Å². The molecule has 0 aliphatic carbocycles. The Bertz CT molecular complexity index is 672. The molecule has 0 bridgehead atoms.